The minimum absolute atomic E-state index is 0.0651. The van der Waals surface area contributed by atoms with Crippen LogP contribution in [0.3, 0.4) is 0 Å². The Morgan fingerprint density at radius 3 is 2.72 bits per heavy atom. The van der Waals surface area contributed by atoms with E-state index in [0.29, 0.717) is 11.7 Å². The van der Waals surface area contributed by atoms with E-state index in [1.807, 2.05) is 18.3 Å². The highest BCUT2D eigenvalue weighted by molar-refractivity contribution is 5.90. The van der Waals surface area contributed by atoms with E-state index in [4.69, 9.17) is 16.5 Å². The van der Waals surface area contributed by atoms with Crippen molar-refractivity contribution in [3.63, 3.8) is 0 Å². The van der Waals surface area contributed by atoms with Gasteiger partial charge >= 0.3 is 0 Å². The molecule has 1 fully saturated rings. The fourth-order valence-electron chi connectivity index (χ4n) is 3.71. The molecule has 4 rings (SSSR count). The molecular formula is C19H24N6. The lowest BCUT2D eigenvalue weighted by molar-refractivity contribution is 0.127. The van der Waals surface area contributed by atoms with Gasteiger partial charge in [0.1, 0.15) is 6.17 Å². The molecule has 0 aliphatic carbocycles. The molecule has 1 unspecified atom stereocenters. The van der Waals surface area contributed by atoms with Crippen molar-refractivity contribution in [2.45, 2.75) is 25.0 Å². The zero-order valence-corrected chi connectivity index (χ0v) is 14.5. The van der Waals surface area contributed by atoms with Crippen molar-refractivity contribution in [3.8, 4) is 0 Å². The van der Waals surface area contributed by atoms with Crippen molar-refractivity contribution in [2.75, 3.05) is 25.9 Å². The number of rotatable bonds is 2. The Balaban J connectivity index is 1.69. The first-order chi connectivity index (χ1) is 12.1. The van der Waals surface area contributed by atoms with Crippen LogP contribution in [0.15, 0.2) is 47.4 Å². The monoisotopic (exact) mass is 336 g/mol. The second-order valence-corrected chi connectivity index (χ2v) is 6.94. The lowest BCUT2D eigenvalue weighted by Crippen LogP contribution is -2.43. The van der Waals surface area contributed by atoms with E-state index < -0.39 is 0 Å². The van der Waals surface area contributed by atoms with E-state index in [2.05, 4.69) is 34.0 Å². The molecule has 3 heterocycles. The van der Waals surface area contributed by atoms with Gasteiger partial charge in [0.15, 0.2) is 0 Å². The van der Waals surface area contributed by atoms with Crippen LogP contribution in [0.2, 0.25) is 0 Å². The minimum Gasteiger partial charge on any atom is -0.398 e. The van der Waals surface area contributed by atoms with Gasteiger partial charge in [-0.05, 0) is 56.7 Å². The number of nitrogen functional groups attached to an aromatic ring is 1. The number of fused-ring (bicyclic) bond motifs is 1. The van der Waals surface area contributed by atoms with E-state index in [1.165, 1.54) is 0 Å². The predicted octanol–water partition coefficient (Wildman–Crippen LogP) is 2.10. The fourth-order valence-corrected chi connectivity index (χ4v) is 3.71. The van der Waals surface area contributed by atoms with Crippen molar-refractivity contribution in [3.05, 3.63) is 47.9 Å². The molecule has 0 amide bonds. The Bertz CT molecular complexity index is 835. The van der Waals surface area contributed by atoms with Crippen molar-refractivity contribution in [1.29, 1.82) is 0 Å². The van der Waals surface area contributed by atoms with Crippen molar-refractivity contribution in [2.24, 2.45) is 10.7 Å². The summed E-state index contributed by atoms with van der Waals surface area (Å²) in [5.74, 6) is 0. The largest absolute Gasteiger partial charge is 0.398 e. The number of likely N-dealkylation sites (tertiary alicyclic amines) is 1. The first-order valence-electron chi connectivity index (χ1n) is 8.72. The van der Waals surface area contributed by atoms with Gasteiger partial charge in [-0.1, -0.05) is 6.07 Å². The smallest absolute Gasteiger partial charge is 0.147 e. The highest BCUT2D eigenvalue weighted by atomic mass is 15.3. The first kappa shape index (κ1) is 15.9. The topological polar surface area (TPSA) is 83.8 Å². The maximum absolute atomic E-state index is 6.14. The molecule has 2 aliphatic heterocycles. The average Bonchev–Trinajstić information content (AvgIpc) is 2.62. The van der Waals surface area contributed by atoms with Crippen molar-refractivity contribution in [1.82, 2.24) is 14.8 Å². The van der Waals surface area contributed by atoms with E-state index in [0.717, 1.165) is 48.1 Å². The third-order valence-electron chi connectivity index (χ3n) is 5.15. The van der Waals surface area contributed by atoms with Crippen molar-refractivity contribution < 1.29 is 0 Å². The number of anilines is 1. The first-order valence-corrected chi connectivity index (χ1v) is 8.72. The maximum Gasteiger partial charge on any atom is 0.147 e. The van der Waals surface area contributed by atoms with Crippen LogP contribution in [0.4, 0.5) is 5.69 Å². The molecule has 0 spiro atoms. The summed E-state index contributed by atoms with van der Waals surface area (Å²) in [7, 11) is 2.17. The van der Waals surface area contributed by atoms with Gasteiger partial charge in [0, 0.05) is 35.7 Å². The molecule has 0 saturated carbocycles. The molecule has 4 N–H and O–H groups in total. The Labute approximate surface area is 147 Å². The van der Waals surface area contributed by atoms with Crippen LogP contribution in [0, 0.1) is 0 Å². The van der Waals surface area contributed by atoms with Gasteiger partial charge in [-0.3, -0.25) is 9.98 Å². The third-order valence-corrected chi connectivity index (χ3v) is 5.15. The molecule has 2 aliphatic rings. The molecule has 1 saturated heterocycles. The molecular weight excluding hydrogens is 312 g/mol. The van der Waals surface area contributed by atoms with E-state index in [-0.39, 0.29) is 6.17 Å². The van der Waals surface area contributed by atoms with Gasteiger partial charge in [-0.15, -0.1) is 0 Å². The second kappa shape index (κ2) is 6.37. The van der Waals surface area contributed by atoms with E-state index in [9.17, 15) is 0 Å². The number of benzene rings is 1. The van der Waals surface area contributed by atoms with Crippen LogP contribution in [0.25, 0.3) is 10.9 Å². The summed E-state index contributed by atoms with van der Waals surface area (Å²) in [6, 6.07) is 8.50. The molecule has 6 heteroatoms. The number of piperidine rings is 1. The van der Waals surface area contributed by atoms with Crippen LogP contribution < -0.4 is 11.5 Å². The summed E-state index contributed by atoms with van der Waals surface area (Å²) in [6.45, 7) is 2.19. The highest BCUT2D eigenvalue weighted by Gasteiger charge is 2.29. The number of hydrogen-bond donors (Lipinski definition) is 2. The second-order valence-electron chi connectivity index (χ2n) is 6.94. The van der Waals surface area contributed by atoms with Crippen LogP contribution in [-0.2, 0) is 0 Å². The number of hydrogen-bond acceptors (Lipinski definition) is 6. The Hall–Kier alpha value is -2.60. The van der Waals surface area contributed by atoms with Crippen LogP contribution >= 0.6 is 0 Å². The summed E-state index contributed by atoms with van der Waals surface area (Å²) in [6.07, 6.45) is 7.71. The summed E-state index contributed by atoms with van der Waals surface area (Å²) in [5.41, 5.74) is 15.7. The Kier molecular flexibility index (Phi) is 4.05. The zero-order chi connectivity index (χ0) is 17.4. The predicted molar refractivity (Wildman–Crippen MR) is 102 cm³/mol. The van der Waals surface area contributed by atoms with Crippen LogP contribution in [0.1, 0.15) is 24.6 Å². The number of aliphatic imine (C=N–C) groups is 1. The molecule has 0 radical (unpaired) electrons. The van der Waals surface area contributed by atoms with Gasteiger partial charge in [-0.25, -0.2) is 0 Å². The van der Waals surface area contributed by atoms with Crippen molar-refractivity contribution >= 4 is 22.8 Å². The number of pyridine rings is 1. The molecule has 2 aromatic rings. The van der Waals surface area contributed by atoms with Gasteiger partial charge in [0.25, 0.3) is 0 Å². The summed E-state index contributed by atoms with van der Waals surface area (Å²) in [4.78, 5) is 13.8. The van der Waals surface area contributed by atoms with Crippen LogP contribution in [0.5, 0.6) is 0 Å². The maximum atomic E-state index is 6.14. The lowest BCUT2D eigenvalue weighted by atomic mass is 10.00. The summed E-state index contributed by atoms with van der Waals surface area (Å²) in [5, 5.41) is 0.973. The number of nitrogens with two attached hydrogens (primary N) is 2. The number of allylic oxidation sites excluding steroid dienone is 1. The molecule has 130 valence electrons. The fraction of sp³-hybridized carbons (Fsp3) is 0.368. The summed E-state index contributed by atoms with van der Waals surface area (Å²) >= 11 is 0. The quantitative estimate of drug-likeness (QED) is 0.877. The zero-order valence-electron chi connectivity index (χ0n) is 14.5. The molecule has 0 bridgehead atoms. The average molecular weight is 336 g/mol. The SMILES string of the molecule is CN1CCC(N2C=C(N)C=NC2c2ccc3nccc(N)c3c2)CC1. The molecule has 25 heavy (non-hydrogen) atoms. The Morgan fingerprint density at radius 2 is 1.92 bits per heavy atom. The molecule has 6 nitrogen and oxygen atoms in total. The molecule has 1 aromatic carbocycles. The highest BCUT2D eigenvalue weighted by Crippen LogP contribution is 2.33. The van der Waals surface area contributed by atoms with Crippen LogP contribution in [-0.4, -0.2) is 47.2 Å². The van der Waals surface area contributed by atoms with Gasteiger partial charge in [-0.2, -0.15) is 0 Å². The standard InChI is InChI=1S/C19H24N6/c1-24-8-5-15(6-9-24)25-12-14(20)11-23-19(25)13-2-3-18-16(10-13)17(21)4-7-22-18/h2-4,7,10-12,15,19H,5-6,8-9,20H2,1H3,(H2,21,22). The van der Waals surface area contributed by atoms with Gasteiger partial charge in [0.2, 0.25) is 0 Å². The van der Waals surface area contributed by atoms with E-state index >= 15 is 0 Å². The lowest BCUT2D eigenvalue weighted by Gasteiger charge is -2.41. The molecule has 1 aromatic heterocycles. The Morgan fingerprint density at radius 1 is 1.12 bits per heavy atom. The third kappa shape index (κ3) is 3.05. The van der Waals surface area contributed by atoms with E-state index in [1.54, 1.807) is 12.4 Å². The number of aromatic nitrogens is 1. The normalized spacial score (nSPS) is 22.4. The summed E-state index contributed by atoms with van der Waals surface area (Å²) < 4.78 is 0. The van der Waals surface area contributed by atoms with Gasteiger partial charge < -0.3 is 21.3 Å². The molecule has 1 atom stereocenters. The minimum atomic E-state index is -0.0651. The van der Waals surface area contributed by atoms with Gasteiger partial charge in [0.05, 0.1) is 11.2 Å². The number of nitrogens with zero attached hydrogens (tertiary/aromatic N) is 4.